The van der Waals surface area contributed by atoms with Gasteiger partial charge in [-0.3, -0.25) is 4.79 Å². The Morgan fingerprint density at radius 1 is 1.16 bits per heavy atom. The molecule has 1 aromatic carbocycles. The molecule has 1 heterocycles. The van der Waals surface area contributed by atoms with Crippen LogP contribution < -0.4 is 0 Å². The highest BCUT2D eigenvalue weighted by molar-refractivity contribution is 9.10. The van der Waals surface area contributed by atoms with E-state index in [0.29, 0.717) is 5.15 Å². The molecule has 0 radical (unpaired) electrons. The highest BCUT2D eigenvalue weighted by atomic mass is 79.9. The van der Waals surface area contributed by atoms with E-state index in [-0.39, 0.29) is 19.0 Å². The van der Waals surface area contributed by atoms with Gasteiger partial charge in [0.25, 0.3) is 0 Å². The molecule has 0 aliphatic heterocycles. The molecule has 98 valence electrons. The van der Waals surface area contributed by atoms with E-state index in [0.717, 1.165) is 15.6 Å². The number of halogens is 2. The average molecular weight is 341 g/mol. The SMILES string of the molecule is O=C(Cc1ccc(Br)cc1)OCc1ccc(Cl)nc1. The lowest BCUT2D eigenvalue weighted by atomic mass is 10.1. The van der Waals surface area contributed by atoms with Crippen LogP contribution in [0.4, 0.5) is 0 Å². The van der Waals surface area contributed by atoms with Gasteiger partial charge in [-0.15, -0.1) is 0 Å². The Kier molecular flexibility index (Phi) is 4.93. The first-order chi connectivity index (χ1) is 9.13. The van der Waals surface area contributed by atoms with Crippen molar-refractivity contribution in [3.8, 4) is 0 Å². The Bertz CT molecular complexity index is 555. The molecule has 0 aliphatic carbocycles. The fraction of sp³-hybridized carbons (Fsp3) is 0.143. The fourth-order valence-corrected chi connectivity index (χ4v) is 1.85. The lowest BCUT2D eigenvalue weighted by Crippen LogP contribution is -2.08. The summed E-state index contributed by atoms with van der Waals surface area (Å²) in [4.78, 5) is 15.6. The van der Waals surface area contributed by atoms with E-state index in [2.05, 4.69) is 20.9 Å². The van der Waals surface area contributed by atoms with Gasteiger partial charge in [-0.1, -0.05) is 45.7 Å². The van der Waals surface area contributed by atoms with Crippen molar-refractivity contribution in [2.45, 2.75) is 13.0 Å². The van der Waals surface area contributed by atoms with Crippen molar-refractivity contribution in [1.82, 2.24) is 4.98 Å². The predicted molar refractivity (Wildman–Crippen MR) is 76.9 cm³/mol. The summed E-state index contributed by atoms with van der Waals surface area (Å²) >= 11 is 9.02. The number of carbonyl (C=O) groups is 1. The summed E-state index contributed by atoms with van der Waals surface area (Å²) in [5.41, 5.74) is 1.73. The number of carbonyl (C=O) groups excluding carboxylic acids is 1. The van der Waals surface area contributed by atoms with E-state index >= 15 is 0 Å². The molecular weight excluding hydrogens is 330 g/mol. The maximum absolute atomic E-state index is 11.7. The van der Waals surface area contributed by atoms with Crippen LogP contribution in [0.3, 0.4) is 0 Å². The molecule has 0 fully saturated rings. The number of aromatic nitrogens is 1. The Balaban J connectivity index is 1.84. The topological polar surface area (TPSA) is 39.2 Å². The Morgan fingerprint density at radius 3 is 2.47 bits per heavy atom. The van der Waals surface area contributed by atoms with Gasteiger partial charge in [-0.25, -0.2) is 4.98 Å². The number of pyridine rings is 1. The zero-order valence-electron chi connectivity index (χ0n) is 9.98. The van der Waals surface area contributed by atoms with E-state index in [1.165, 1.54) is 0 Å². The van der Waals surface area contributed by atoms with Crippen molar-refractivity contribution in [1.29, 1.82) is 0 Å². The smallest absolute Gasteiger partial charge is 0.310 e. The molecule has 0 spiro atoms. The van der Waals surface area contributed by atoms with Crippen molar-refractivity contribution in [2.75, 3.05) is 0 Å². The van der Waals surface area contributed by atoms with E-state index in [1.807, 2.05) is 24.3 Å². The third kappa shape index (κ3) is 4.65. The minimum atomic E-state index is -0.266. The molecule has 1 aromatic heterocycles. The first-order valence-corrected chi connectivity index (χ1v) is 6.81. The molecular formula is C14H11BrClNO2. The number of hydrogen-bond donors (Lipinski definition) is 0. The van der Waals surface area contributed by atoms with Crippen molar-refractivity contribution in [3.63, 3.8) is 0 Å². The number of nitrogens with zero attached hydrogens (tertiary/aromatic N) is 1. The third-order valence-electron chi connectivity index (χ3n) is 2.45. The minimum absolute atomic E-state index is 0.208. The Labute approximate surface area is 124 Å². The van der Waals surface area contributed by atoms with Crippen molar-refractivity contribution >= 4 is 33.5 Å². The van der Waals surface area contributed by atoms with Gasteiger partial charge in [0.15, 0.2) is 0 Å². The molecule has 0 amide bonds. The first kappa shape index (κ1) is 14.0. The zero-order chi connectivity index (χ0) is 13.7. The molecule has 0 unspecified atom stereocenters. The molecule has 0 saturated heterocycles. The van der Waals surface area contributed by atoms with Gasteiger partial charge in [0.2, 0.25) is 0 Å². The van der Waals surface area contributed by atoms with Crippen LogP contribution in [0.15, 0.2) is 47.1 Å². The summed E-state index contributed by atoms with van der Waals surface area (Å²) in [5, 5.41) is 0.421. The van der Waals surface area contributed by atoms with E-state index in [1.54, 1.807) is 18.3 Å². The normalized spacial score (nSPS) is 10.2. The molecule has 0 bridgehead atoms. The van der Waals surface area contributed by atoms with Crippen LogP contribution in [0.2, 0.25) is 5.15 Å². The molecule has 5 heteroatoms. The second kappa shape index (κ2) is 6.68. The largest absolute Gasteiger partial charge is 0.460 e. The van der Waals surface area contributed by atoms with E-state index < -0.39 is 0 Å². The van der Waals surface area contributed by atoms with Crippen LogP contribution in [0, 0.1) is 0 Å². The molecule has 0 atom stereocenters. The maximum Gasteiger partial charge on any atom is 0.310 e. The second-order valence-corrected chi connectivity index (χ2v) is 5.26. The number of hydrogen-bond acceptors (Lipinski definition) is 3. The average Bonchev–Trinajstić information content (AvgIpc) is 2.41. The minimum Gasteiger partial charge on any atom is -0.460 e. The third-order valence-corrected chi connectivity index (χ3v) is 3.20. The van der Waals surface area contributed by atoms with Gasteiger partial charge in [-0.2, -0.15) is 0 Å². The van der Waals surface area contributed by atoms with Gasteiger partial charge >= 0.3 is 5.97 Å². The van der Waals surface area contributed by atoms with Crippen LogP contribution in [0.25, 0.3) is 0 Å². The summed E-state index contributed by atoms with van der Waals surface area (Å²) in [5.74, 6) is -0.266. The second-order valence-electron chi connectivity index (χ2n) is 3.95. The monoisotopic (exact) mass is 339 g/mol. The number of ether oxygens (including phenoxy) is 1. The van der Waals surface area contributed by atoms with Crippen LogP contribution >= 0.6 is 27.5 Å². The molecule has 0 N–H and O–H groups in total. The molecule has 2 rings (SSSR count). The van der Waals surface area contributed by atoms with E-state index in [9.17, 15) is 4.79 Å². The van der Waals surface area contributed by atoms with Crippen LogP contribution in [-0.4, -0.2) is 11.0 Å². The highest BCUT2D eigenvalue weighted by Gasteiger charge is 2.05. The molecule has 19 heavy (non-hydrogen) atoms. The van der Waals surface area contributed by atoms with Gasteiger partial charge in [0, 0.05) is 16.2 Å². The standard InChI is InChI=1S/C14H11BrClNO2/c15-12-4-1-10(2-5-12)7-14(18)19-9-11-3-6-13(16)17-8-11/h1-6,8H,7,9H2. The van der Waals surface area contributed by atoms with Gasteiger partial charge in [0.1, 0.15) is 11.8 Å². The summed E-state index contributed by atoms with van der Waals surface area (Å²) in [6.07, 6.45) is 1.85. The number of esters is 1. The van der Waals surface area contributed by atoms with Crippen LogP contribution in [-0.2, 0) is 22.6 Å². The van der Waals surface area contributed by atoms with Crippen molar-refractivity contribution < 1.29 is 9.53 Å². The van der Waals surface area contributed by atoms with Gasteiger partial charge in [-0.05, 0) is 23.8 Å². The summed E-state index contributed by atoms with van der Waals surface area (Å²) < 4.78 is 6.15. The van der Waals surface area contributed by atoms with Crippen molar-refractivity contribution in [3.05, 3.63) is 63.3 Å². The van der Waals surface area contributed by atoms with Crippen LogP contribution in [0.1, 0.15) is 11.1 Å². The molecule has 2 aromatic rings. The van der Waals surface area contributed by atoms with Crippen molar-refractivity contribution in [2.24, 2.45) is 0 Å². The van der Waals surface area contributed by atoms with Gasteiger partial charge in [0.05, 0.1) is 6.42 Å². The Morgan fingerprint density at radius 2 is 1.84 bits per heavy atom. The Hall–Kier alpha value is -1.39. The summed E-state index contributed by atoms with van der Waals surface area (Å²) in [6, 6.07) is 11.0. The predicted octanol–water partition coefficient (Wildman–Crippen LogP) is 3.78. The lowest BCUT2D eigenvalue weighted by Gasteiger charge is -2.05. The van der Waals surface area contributed by atoms with Crippen LogP contribution in [0.5, 0.6) is 0 Å². The lowest BCUT2D eigenvalue weighted by molar-refractivity contribution is -0.144. The fourth-order valence-electron chi connectivity index (χ4n) is 1.48. The summed E-state index contributed by atoms with van der Waals surface area (Å²) in [6.45, 7) is 0.208. The zero-order valence-corrected chi connectivity index (χ0v) is 12.3. The van der Waals surface area contributed by atoms with Gasteiger partial charge < -0.3 is 4.74 Å². The number of benzene rings is 1. The molecule has 3 nitrogen and oxygen atoms in total. The quantitative estimate of drug-likeness (QED) is 0.628. The number of rotatable bonds is 4. The molecule has 0 aliphatic rings. The first-order valence-electron chi connectivity index (χ1n) is 5.64. The molecule has 0 saturated carbocycles. The highest BCUT2D eigenvalue weighted by Crippen LogP contribution is 2.12. The van der Waals surface area contributed by atoms with E-state index in [4.69, 9.17) is 16.3 Å². The maximum atomic E-state index is 11.7. The summed E-state index contributed by atoms with van der Waals surface area (Å²) in [7, 11) is 0.